The van der Waals surface area contributed by atoms with E-state index in [1.807, 2.05) is 67.6 Å². The summed E-state index contributed by atoms with van der Waals surface area (Å²) in [4.78, 5) is 14.7. The summed E-state index contributed by atoms with van der Waals surface area (Å²) in [6.45, 7) is 6.35. The van der Waals surface area contributed by atoms with Gasteiger partial charge in [0.25, 0.3) is 0 Å². The molecule has 3 aromatic carbocycles. The minimum absolute atomic E-state index is 0.620. The lowest BCUT2D eigenvalue weighted by molar-refractivity contribution is 0.923. The first kappa shape index (κ1) is 19.9. The van der Waals surface area contributed by atoms with Gasteiger partial charge in [0.1, 0.15) is 0 Å². The molecule has 0 saturated heterocycles. The van der Waals surface area contributed by atoms with Crippen LogP contribution in [0.5, 0.6) is 0 Å². The predicted molar refractivity (Wildman–Crippen MR) is 132 cm³/mol. The van der Waals surface area contributed by atoms with E-state index in [0.717, 1.165) is 22.3 Å². The second-order valence-corrected chi connectivity index (χ2v) is 7.83. The zero-order valence-corrected chi connectivity index (χ0v) is 18.4. The van der Waals surface area contributed by atoms with Crippen molar-refractivity contribution in [2.45, 2.75) is 20.8 Å². The number of hydrogen-bond donors (Lipinski definition) is 0. The number of nitrogens with zero attached hydrogens (tertiary/aromatic N) is 4. The smallest absolute Gasteiger partial charge is 0.238 e. The van der Waals surface area contributed by atoms with E-state index in [2.05, 4.69) is 48.8 Å². The molecule has 5 rings (SSSR count). The summed E-state index contributed by atoms with van der Waals surface area (Å²) in [5, 5.41) is 1.24. The fraction of sp³-hybridized carbons (Fsp3) is 0.107. The largest absolute Gasteiger partial charge is 0.278 e. The molecule has 156 valence electrons. The van der Waals surface area contributed by atoms with Gasteiger partial charge in [-0.25, -0.2) is 4.98 Å². The van der Waals surface area contributed by atoms with Gasteiger partial charge in [0, 0.05) is 16.5 Å². The van der Waals surface area contributed by atoms with E-state index < -0.39 is 0 Å². The van der Waals surface area contributed by atoms with E-state index >= 15 is 0 Å². The van der Waals surface area contributed by atoms with Crippen molar-refractivity contribution < 1.29 is 0 Å². The fourth-order valence-corrected chi connectivity index (χ4v) is 4.22. The SMILES string of the molecule is C/C=C\c1c(C)c2c(C)cccc2n1-c1nc(-c2ccccc2)nc(-c2ccccc2)n1. The van der Waals surface area contributed by atoms with Gasteiger partial charge in [0.05, 0.1) is 11.2 Å². The molecule has 2 heterocycles. The fourth-order valence-electron chi connectivity index (χ4n) is 4.22. The van der Waals surface area contributed by atoms with Crippen molar-refractivity contribution in [1.82, 2.24) is 19.5 Å². The van der Waals surface area contributed by atoms with Gasteiger partial charge >= 0.3 is 0 Å². The Morgan fingerprint density at radius 2 is 1.28 bits per heavy atom. The van der Waals surface area contributed by atoms with Gasteiger partial charge in [-0.3, -0.25) is 4.57 Å². The van der Waals surface area contributed by atoms with Crippen molar-refractivity contribution in [3.63, 3.8) is 0 Å². The highest BCUT2D eigenvalue weighted by Crippen LogP contribution is 2.32. The van der Waals surface area contributed by atoms with E-state index in [1.54, 1.807) is 0 Å². The Balaban J connectivity index is 1.86. The predicted octanol–water partition coefficient (Wildman–Crippen LogP) is 6.80. The van der Waals surface area contributed by atoms with E-state index in [0.29, 0.717) is 17.6 Å². The molecule has 0 aliphatic heterocycles. The lowest BCUT2D eigenvalue weighted by Crippen LogP contribution is -2.07. The quantitative estimate of drug-likeness (QED) is 0.324. The Labute approximate surface area is 187 Å². The van der Waals surface area contributed by atoms with Crippen LogP contribution >= 0.6 is 0 Å². The molecule has 0 amide bonds. The van der Waals surface area contributed by atoms with Crippen LogP contribution in [0.2, 0.25) is 0 Å². The molecule has 32 heavy (non-hydrogen) atoms. The maximum atomic E-state index is 4.94. The zero-order valence-electron chi connectivity index (χ0n) is 18.4. The first-order valence-electron chi connectivity index (χ1n) is 10.8. The first-order chi connectivity index (χ1) is 15.7. The second-order valence-electron chi connectivity index (χ2n) is 7.83. The molecule has 0 spiro atoms. The van der Waals surface area contributed by atoms with Crippen LogP contribution in [0.1, 0.15) is 23.7 Å². The van der Waals surface area contributed by atoms with Crippen molar-refractivity contribution >= 4 is 17.0 Å². The minimum atomic E-state index is 0.620. The highest BCUT2D eigenvalue weighted by Gasteiger charge is 2.19. The van der Waals surface area contributed by atoms with Gasteiger partial charge in [-0.05, 0) is 44.0 Å². The van der Waals surface area contributed by atoms with E-state index in [1.165, 1.54) is 16.5 Å². The third kappa shape index (κ3) is 3.40. The molecule has 4 heteroatoms. The highest BCUT2D eigenvalue weighted by atomic mass is 15.2. The summed E-state index contributed by atoms with van der Waals surface area (Å²) in [6, 6.07) is 26.5. The Kier molecular flexibility index (Phi) is 5.12. The molecule has 0 radical (unpaired) electrons. The van der Waals surface area contributed by atoms with Gasteiger partial charge in [-0.1, -0.05) is 78.9 Å². The van der Waals surface area contributed by atoms with Crippen molar-refractivity contribution in [1.29, 1.82) is 0 Å². The average Bonchev–Trinajstić information content (AvgIpc) is 3.13. The van der Waals surface area contributed by atoms with E-state index in [4.69, 9.17) is 15.0 Å². The molecule has 0 fully saturated rings. The van der Waals surface area contributed by atoms with Crippen LogP contribution in [-0.2, 0) is 0 Å². The van der Waals surface area contributed by atoms with Gasteiger partial charge in [0.2, 0.25) is 5.95 Å². The summed E-state index contributed by atoms with van der Waals surface area (Å²) < 4.78 is 2.15. The molecule has 0 N–H and O–H groups in total. The Morgan fingerprint density at radius 1 is 0.688 bits per heavy atom. The van der Waals surface area contributed by atoms with Crippen molar-refractivity contribution in [3.05, 3.63) is 102 Å². The molecular weight excluding hydrogens is 392 g/mol. The Hall–Kier alpha value is -4.05. The van der Waals surface area contributed by atoms with Crippen LogP contribution < -0.4 is 0 Å². The highest BCUT2D eigenvalue weighted by molar-refractivity contribution is 5.92. The Bertz CT molecular complexity index is 1370. The number of rotatable bonds is 4. The molecule has 4 nitrogen and oxygen atoms in total. The van der Waals surface area contributed by atoms with Gasteiger partial charge < -0.3 is 0 Å². The molecule has 2 aromatic heterocycles. The summed E-state index contributed by atoms with van der Waals surface area (Å²) in [7, 11) is 0. The summed E-state index contributed by atoms with van der Waals surface area (Å²) >= 11 is 0. The van der Waals surface area contributed by atoms with Crippen LogP contribution in [0.4, 0.5) is 0 Å². The lowest BCUT2D eigenvalue weighted by Gasteiger charge is -2.11. The molecule has 5 aromatic rings. The van der Waals surface area contributed by atoms with Crippen molar-refractivity contribution in [2.24, 2.45) is 0 Å². The topological polar surface area (TPSA) is 43.6 Å². The second kappa shape index (κ2) is 8.23. The normalized spacial score (nSPS) is 11.5. The summed E-state index contributed by atoms with van der Waals surface area (Å²) in [6.07, 6.45) is 4.19. The molecule has 0 atom stereocenters. The molecule has 0 aliphatic rings. The van der Waals surface area contributed by atoms with Crippen LogP contribution in [0.15, 0.2) is 84.9 Å². The van der Waals surface area contributed by atoms with Crippen molar-refractivity contribution in [2.75, 3.05) is 0 Å². The zero-order chi connectivity index (χ0) is 22.1. The average molecular weight is 417 g/mol. The number of allylic oxidation sites excluding steroid dienone is 1. The third-order valence-corrected chi connectivity index (χ3v) is 5.70. The molecule has 0 saturated carbocycles. The van der Waals surface area contributed by atoms with Gasteiger partial charge in [-0.2, -0.15) is 9.97 Å². The van der Waals surface area contributed by atoms with Gasteiger partial charge in [-0.15, -0.1) is 0 Å². The monoisotopic (exact) mass is 416 g/mol. The van der Waals surface area contributed by atoms with Crippen molar-refractivity contribution in [3.8, 4) is 28.7 Å². The number of aryl methyl sites for hydroxylation is 2. The third-order valence-electron chi connectivity index (χ3n) is 5.70. The maximum Gasteiger partial charge on any atom is 0.238 e. The van der Waals surface area contributed by atoms with Gasteiger partial charge in [0.15, 0.2) is 11.6 Å². The number of aromatic nitrogens is 4. The lowest BCUT2D eigenvalue weighted by atomic mass is 10.1. The summed E-state index contributed by atoms with van der Waals surface area (Å²) in [5.41, 5.74) is 6.57. The molecule has 0 bridgehead atoms. The molecule has 0 unspecified atom stereocenters. The van der Waals surface area contributed by atoms with E-state index in [-0.39, 0.29) is 0 Å². The van der Waals surface area contributed by atoms with Crippen LogP contribution in [0.25, 0.3) is 45.7 Å². The summed E-state index contributed by atoms with van der Waals surface area (Å²) in [5.74, 6) is 1.94. The van der Waals surface area contributed by atoms with Crippen LogP contribution in [-0.4, -0.2) is 19.5 Å². The maximum absolute atomic E-state index is 4.94. The van der Waals surface area contributed by atoms with Crippen LogP contribution in [0.3, 0.4) is 0 Å². The standard InChI is InChI=1S/C28H24N4/c1-4-12-23-20(3)25-19(2)13-11-18-24(25)32(23)28-30-26(21-14-7-5-8-15-21)29-27(31-28)22-16-9-6-10-17-22/h4-18H,1-3H3/b12-4-. The van der Waals surface area contributed by atoms with Crippen LogP contribution in [0, 0.1) is 13.8 Å². The van der Waals surface area contributed by atoms with E-state index in [9.17, 15) is 0 Å². The first-order valence-corrected chi connectivity index (χ1v) is 10.8. The number of hydrogen-bond acceptors (Lipinski definition) is 3. The molecule has 0 aliphatic carbocycles. The number of fused-ring (bicyclic) bond motifs is 1. The molecular formula is C28H24N4. The minimum Gasteiger partial charge on any atom is -0.278 e. The number of benzene rings is 3. The Morgan fingerprint density at radius 3 is 1.84 bits per heavy atom.